The van der Waals surface area contributed by atoms with Gasteiger partial charge in [-0.3, -0.25) is 19.1 Å². The highest BCUT2D eigenvalue weighted by Gasteiger charge is 2.38. The molecule has 1 aliphatic rings. The van der Waals surface area contributed by atoms with Crippen molar-refractivity contribution in [3.63, 3.8) is 0 Å². The molecule has 0 saturated heterocycles. The first-order chi connectivity index (χ1) is 26.0. The fraction of sp³-hybridized carbons (Fsp3) is 0.0638. The van der Waals surface area contributed by atoms with Gasteiger partial charge in [-0.1, -0.05) is 98.8 Å². The van der Waals surface area contributed by atoms with Crippen LogP contribution in [0.5, 0.6) is 0 Å². The maximum absolute atomic E-state index is 5.37. The van der Waals surface area contributed by atoms with Gasteiger partial charge in [-0.05, 0) is 93.7 Å². The summed E-state index contributed by atoms with van der Waals surface area (Å²) in [5.74, 6) is 1.66. The zero-order valence-electron chi connectivity index (χ0n) is 29.2. The summed E-state index contributed by atoms with van der Waals surface area (Å²) in [5, 5.41) is 4.43. The molecule has 11 rings (SSSR count). The molecule has 4 aromatic heterocycles. The standard InChI is InChI=1S/C47H32N6/c1-47(2)37-27-41-39(50-45(52(41)31-15-5-3-6-16-31)43-33-19-11-9-13-29(33)21-23-48-43)25-35(37)36-26-40-42(28-38(36)47)53(32-17-7-4-8-18-32)46(51-40)44-34-20-12-10-14-30(34)22-24-49-44/h3-28H,1-2H3. The first-order valence-electron chi connectivity index (χ1n) is 18.0. The number of para-hydroxylation sites is 2. The van der Waals surface area contributed by atoms with Crippen LogP contribution < -0.4 is 0 Å². The van der Waals surface area contributed by atoms with Gasteiger partial charge in [-0.25, -0.2) is 9.97 Å². The molecule has 6 nitrogen and oxygen atoms in total. The van der Waals surface area contributed by atoms with Crippen molar-refractivity contribution >= 4 is 43.6 Å². The van der Waals surface area contributed by atoms with E-state index in [9.17, 15) is 0 Å². The van der Waals surface area contributed by atoms with Gasteiger partial charge in [0.1, 0.15) is 11.4 Å². The van der Waals surface area contributed by atoms with E-state index in [1.54, 1.807) is 0 Å². The van der Waals surface area contributed by atoms with E-state index in [1.165, 1.54) is 22.3 Å². The van der Waals surface area contributed by atoms with E-state index in [1.807, 2.05) is 12.4 Å². The third kappa shape index (κ3) is 4.33. The lowest BCUT2D eigenvalue weighted by molar-refractivity contribution is 0.661. The zero-order valence-corrected chi connectivity index (χ0v) is 29.2. The smallest absolute Gasteiger partial charge is 0.165 e. The predicted octanol–water partition coefficient (Wildman–Crippen LogP) is 11.1. The first-order valence-corrected chi connectivity index (χ1v) is 18.0. The highest BCUT2D eigenvalue weighted by Crippen LogP contribution is 2.52. The molecule has 0 unspecified atom stereocenters. The van der Waals surface area contributed by atoms with Crippen LogP contribution in [0.2, 0.25) is 0 Å². The molecule has 1 aliphatic carbocycles. The SMILES string of the molecule is CC1(C)c2cc3c(cc2-c2cc4nc(-c5nccc6ccccc56)n(-c5ccccc5)c4cc21)nc(-c1nccc2ccccc12)n3-c1ccccc1. The number of nitrogens with zero attached hydrogens (tertiary/aromatic N) is 6. The van der Waals surface area contributed by atoms with Crippen molar-refractivity contribution in [3.8, 4) is 45.5 Å². The molecule has 6 aromatic carbocycles. The van der Waals surface area contributed by atoms with Crippen LogP contribution in [0.15, 0.2) is 158 Å². The van der Waals surface area contributed by atoms with Crippen LogP contribution in [-0.2, 0) is 5.41 Å². The van der Waals surface area contributed by atoms with Gasteiger partial charge in [0.25, 0.3) is 0 Å². The second-order valence-corrected chi connectivity index (χ2v) is 14.4. The van der Waals surface area contributed by atoms with E-state index < -0.39 is 0 Å². The molecule has 0 bridgehead atoms. The molecule has 0 aliphatic heterocycles. The van der Waals surface area contributed by atoms with Crippen LogP contribution in [0.1, 0.15) is 25.0 Å². The third-order valence-corrected chi connectivity index (χ3v) is 11.0. The van der Waals surface area contributed by atoms with Crippen molar-refractivity contribution < 1.29 is 0 Å². The van der Waals surface area contributed by atoms with Crippen LogP contribution in [-0.4, -0.2) is 29.1 Å². The predicted molar refractivity (Wildman–Crippen MR) is 215 cm³/mol. The van der Waals surface area contributed by atoms with Crippen molar-refractivity contribution in [1.29, 1.82) is 0 Å². The summed E-state index contributed by atoms with van der Waals surface area (Å²) in [6, 6.07) is 51.2. The van der Waals surface area contributed by atoms with E-state index in [4.69, 9.17) is 19.9 Å². The summed E-state index contributed by atoms with van der Waals surface area (Å²) in [6.07, 6.45) is 3.76. The normalized spacial score (nSPS) is 13.2. The third-order valence-electron chi connectivity index (χ3n) is 11.0. The lowest BCUT2D eigenvalue weighted by atomic mass is 9.82. The fourth-order valence-corrected chi connectivity index (χ4v) is 8.46. The highest BCUT2D eigenvalue weighted by atomic mass is 15.1. The first kappa shape index (κ1) is 29.8. The molecule has 0 saturated carbocycles. The number of hydrogen-bond acceptors (Lipinski definition) is 4. The maximum Gasteiger partial charge on any atom is 0.165 e. The van der Waals surface area contributed by atoms with Crippen LogP contribution in [0.25, 0.3) is 89.2 Å². The Morgan fingerprint density at radius 1 is 0.453 bits per heavy atom. The van der Waals surface area contributed by atoms with E-state index in [-0.39, 0.29) is 5.41 Å². The Hall–Kier alpha value is -6.92. The van der Waals surface area contributed by atoms with Gasteiger partial charge in [-0.2, -0.15) is 0 Å². The lowest BCUT2D eigenvalue weighted by Crippen LogP contribution is -2.15. The Morgan fingerprint density at radius 3 is 1.32 bits per heavy atom. The maximum atomic E-state index is 5.37. The van der Waals surface area contributed by atoms with Crippen LogP contribution in [0.3, 0.4) is 0 Å². The summed E-state index contributed by atoms with van der Waals surface area (Å²) in [6.45, 7) is 4.67. The summed E-state index contributed by atoms with van der Waals surface area (Å²) < 4.78 is 4.54. The monoisotopic (exact) mass is 680 g/mol. The van der Waals surface area contributed by atoms with Gasteiger partial charge in [0, 0.05) is 40.0 Å². The zero-order chi connectivity index (χ0) is 35.3. The Morgan fingerprint density at radius 2 is 0.868 bits per heavy atom. The van der Waals surface area contributed by atoms with E-state index in [0.717, 1.165) is 78.0 Å². The van der Waals surface area contributed by atoms with Gasteiger partial charge < -0.3 is 0 Å². The van der Waals surface area contributed by atoms with Crippen molar-refractivity contribution in [1.82, 2.24) is 29.1 Å². The molecule has 0 radical (unpaired) electrons. The van der Waals surface area contributed by atoms with Crippen LogP contribution in [0.4, 0.5) is 0 Å². The number of rotatable bonds is 4. The van der Waals surface area contributed by atoms with Crippen molar-refractivity contribution in [2.75, 3.05) is 0 Å². The molecule has 0 spiro atoms. The van der Waals surface area contributed by atoms with E-state index >= 15 is 0 Å². The number of imidazole rings is 2. The van der Waals surface area contributed by atoms with E-state index in [0.29, 0.717) is 0 Å². The molecule has 4 heterocycles. The quantitative estimate of drug-likeness (QED) is 0.186. The van der Waals surface area contributed by atoms with Crippen molar-refractivity contribution in [2.45, 2.75) is 19.3 Å². The molecule has 250 valence electrons. The number of hydrogen-bond donors (Lipinski definition) is 0. The second-order valence-electron chi connectivity index (χ2n) is 14.4. The van der Waals surface area contributed by atoms with Crippen molar-refractivity contribution in [2.24, 2.45) is 0 Å². The van der Waals surface area contributed by atoms with Crippen molar-refractivity contribution in [3.05, 3.63) is 169 Å². The summed E-state index contributed by atoms with van der Waals surface area (Å²) in [5.41, 5.74) is 12.4. The number of pyridine rings is 2. The molecule has 0 fully saturated rings. The molecular formula is C47H32N6. The second kappa shape index (κ2) is 11.0. The molecule has 10 aromatic rings. The Labute approximate surface area is 305 Å². The molecule has 6 heteroatoms. The van der Waals surface area contributed by atoms with E-state index in [2.05, 4.69) is 169 Å². The highest BCUT2D eigenvalue weighted by molar-refractivity contribution is 6.01. The van der Waals surface area contributed by atoms with Gasteiger partial charge in [-0.15, -0.1) is 0 Å². The minimum absolute atomic E-state index is 0.291. The minimum Gasteiger partial charge on any atom is -0.291 e. The Kier molecular flexibility index (Phi) is 6.20. The average Bonchev–Trinajstić information content (AvgIpc) is 3.84. The fourth-order valence-electron chi connectivity index (χ4n) is 8.46. The Balaban J connectivity index is 1.17. The molecule has 0 N–H and O–H groups in total. The van der Waals surface area contributed by atoms with Gasteiger partial charge >= 0.3 is 0 Å². The minimum atomic E-state index is -0.291. The lowest BCUT2D eigenvalue weighted by Gasteiger charge is -2.22. The summed E-state index contributed by atoms with van der Waals surface area (Å²) in [7, 11) is 0. The number of aromatic nitrogens is 6. The molecule has 0 amide bonds. The molecule has 0 atom stereocenters. The molecule has 53 heavy (non-hydrogen) atoms. The van der Waals surface area contributed by atoms with Gasteiger partial charge in [0.2, 0.25) is 0 Å². The molecular weight excluding hydrogens is 649 g/mol. The Bertz CT molecular complexity index is 2860. The summed E-state index contributed by atoms with van der Waals surface area (Å²) >= 11 is 0. The summed E-state index contributed by atoms with van der Waals surface area (Å²) in [4.78, 5) is 20.6. The van der Waals surface area contributed by atoms with Gasteiger partial charge in [0.05, 0.1) is 22.1 Å². The topological polar surface area (TPSA) is 61.4 Å². The average molecular weight is 681 g/mol. The number of benzene rings is 6. The van der Waals surface area contributed by atoms with Crippen LogP contribution >= 0.6 is 0 Å². The van der Waals surface area contributed by atoms with Gasteiger partial charge in [0.15, 0.2) is 11.6 Å². The number of fused-ring (bicyclic) bond motifs is 7. The van der Waals surface area contributed by atoms with Crippen LogP contribution in [0, 0.1) is 0 Å². The largest absolute Gasteiger partial charge is 0.291 e.